The van der Waals surface area contributed by atoms with Crippen LogP contribution >= 0.6 is 0 Å². The summed E-state index contributed by atoms with van der Waals surface area (Å²) in [6.07, 6.45) is 0. The van der Waals surface area contributed by atoms with Gasteiger partial charge in [0.05, 0.1) is 18.1 Å². The van der Waals surface area contributed by atoms with E-state index < -0.39 is 10.0 Å². The third-order valence-corrected chi connectivity index (χ3v) is 5.17. The van der Waals surface area contributed by atoms with Crippen molar-refractivity contribution in [1.82, 2.24) is 9.62 Å². The molecule has 1 aromatic rings. The minimum atomic E-state index is -3.57. The van der Waals surface area contributed by atoms with Crippen LogP contribution in [0.25, 0.3) is 0 Å². The Kier molecular flexibility index (Phi) is 5.69. The summed E-state index contributed by atoms with van der Waals surface area (Å²) >= 11 is 0. The highest BCUT2D eigenvalue weighted by Crippen LogP contribution is 2.12. The SMILES string of the molecule is CC(=O)c1ccc(S(=O)(=O)N[C@@H](C)CN2CCOCC2)cc1. The Morgan fingerprint density at radius 1 is 1.27 bits per heavy atom. The number of ether oxygens (including phenoxy) is 1. The summed E-state index contributed by atoms with van der Waals surface area (Å²) in [5.41, 5.74) is 0.500. The van der Waals surface area contributed by atoms with E-state index in [1.807, 2.05) is 6.92 Å². The summed E-state index contributed by atoms with van der Waals surface area (Å²) in [7, 11) is -3.57. The lowest BCUT2D eigenvalue weighted by molar-refractivity contribution is 0.0354. The molecule has 6 nitrogen and oxygen atoms in total. The Balaban J connectivity index is 1.98. The first-order valence-corrected chi connectivity index (χ1v) is 8.80. The van der Waals surface area contributed by atoms with Gasteiger partial charge in [-0.15, -0.1) is 0 Å². The van der Waals surface area contributed by atoms with Crippen LogP contribution in [0.4, 0.5) is 0 Å². The fourth-order valence-corrected chi connectivity index (χ4v) is 3.64. The monoisotopic (exact) mass is 326 g/mol. The van der Waals surface area contributed by atoms with E-state index >= 15 is 0 Å². The van der Waals surface area contributed by atoms with Crippen molar-refractivity contribution in [3.63, 3.8) is 0 Å². The van der Waals surface area contributed by atoms with E-state index in [1.165, 1.54) is 31.2 Å². The standard InChI is InChI=1S/C15H22N2O4S/c1-12(11-17-7-9-21-10-8-17)16-22(19,20)15-5-3-14(4-6-15)13(2)18/h3-6,12,16H,7-11H2,1-2H3/t12-/m0/s1. The zero-order valence-electron chi connectivity index (χ0n) is 12.9. The number of nitrogens with one attached hydrogen (secondary N) is 1. The smallest absolute Gasteiger partial charge is 0.240 e. The van der Waals surface area contributed by atoms with Gasteiger partial charge in [0.1, 0.15) is 0 Å². The van der Waals surface area contributed by atoms with Gasteiger partial charge >= 0.3 is 0 Å². The van der Waals surface area contributed by atoms with Gasteiger partial charge in [0.25, 0.3) is 0 Å². The number of benzene rings is 1. The molecule has 1 heterocycles. The molecule has 0 radical (unpaired) electrons. The van der Waals surface area contributed by atoms with Crippen molar-refractivity contribution in [2.75, 3.05) is 32.8 Å². The van der Waals surface area contributed by atoms with Gasteiger partial charge in [-0.05, 0) is 26.0 Å². The van der Waals surface area contributed by atoms with Crippen molar-refractivity contribution in [1.29, 1.82) is 0 Å². The topological polar surface area (TPSA) is 75.7 Å². The van der Waals surface area contributed by atoms with Crippen molar-refractivity contribution in [3.8, 4) is 0 Å². The van der Waals surface area contributed by atoms with Gasteiger partial charge < -0.3 is 4.74 Å². The molecule has 0 spiro atoms. The number of morpholine rings is 1. The normalized spacial score (nSPS) is 18.1. The summed E-state index contributed by atoms with van der Waals surface area (Å²) < 4.78 is 32.6. The molecule has 0 aliphatic carbocycles. The van der Waals surface area contributed by atoms with Gasteiger partial charge in [-0.3, -0.25) is 9.69 Å². The number of hydrogen-bond donors (Lipinski definition) is 1. The maximum atomic E-state index is 12.3. The summed E-state index contributed by atoms with van der Waals surface area (Å²) in [5.74, 6) is -0.0856. The first-order chi connectivity index (χ1) is 10.4. The third kappa shape index (κ3) is 4.61. The van der Waals surface area contributed by atoms with Gasteiger partial charge in [0.15, 0.2) is 5.78 Å². The molecule has 0 bridgehead atoms. The minimum absolute atomic E-state index is 0.0856. The Hall–Kier alpha value is -1.28. The fourth-order valence-electron chi connectivity index (χ4n) is 2.41. The van der Waals surface area contributed by atoms with E-state index in [4.69, 9.17) is 4.74 Å². The van der Waals surface area contributed by atoms with Crippen LogP contribution < -0.4 is 4.72 Å². The molecule has 1 aromatic carbocycles. The Morgan fingerprint density at radius 3 is 2.41 bits per heavy atom. The first kappa shape index (κ1) is 17.1. The molecule has 0 unspecified atom stereocenters. The van der Waals surface area contributed by atoms with Crippen molar-refractivity contribution in [3.05, 3.63) is 29.8 Å². The van der Waals surface area contributed by atoms with Crippen LogP contribution in [0.5, 0.6) is 0 Å². The van der Waals surface area contributed by atoms with Crippen LogP contribution in [0.15, 0.2) is 29.2 Å². The summed E-state index contributed by atoms with van der Waals surface area (Å²) in [6, 6.07) is 5.78. The second-order valence-corrected chi connectivity index (χ2v) is 7.23. The number of carbonyl (C=O) groups excluding carboxylic acids is 1. The van der Waals surface area contributed by atoms with Gasteiger partial charge in [-0.25, -0.2) is 13.1 Å². The maximum absolute atomic E-state index is 12.3. The number of hydrogen-bond acceptors (Lipinski definition) is 5. The molecule has 0 saturated carbocycles. The number of sulfonamides is 1. The lowest BCUT2D eigenvalue weighted by Crippen LogP contribution is -2.45. The van der Waals surface area contributed by atoms with Crippen LogP contribution in [0, 0.1) is 0 Å². The van der Waals surface area contributed by atoms with E-state index in [0.717, 1.165) is 13.1 Å². The zero-order chi connectivity index (χ0) is 16.2. The van der Waals surface area contributed by atoms with Gasteiger partial charge in [-0.2, -0.15) is 0 Å². The molecule has 7 heteroatoms. The van der Waals surface area contributed by atoms with E-state index in [1.54, 1.807) is 0 Å². The van der Waals surface area contributed by atoms with Crippen molar-refractivity contribution in [2.24, 2.45) is 0 Å². The predicted octanol–water partition coefficient (Wildman–Crippen LogP) is 0.888. The molecule has 1 saturated heterocycles. The van der Waals surface area contributed by atoms with E-state index in [-0.39, 0.29) is 16.7 Å². The molecule has 0 aromatic heterocycles. The molecule has 22 heavy (non-hydrogen) atoms. The Labute approximate surface area is 131 Å². The number of nitrogens with zero attached hydrogens (tertiary/aromatic N) is 1. The number of carbonyl (C=O) groups is 1. The summed E-state index contributed by atoms with van der Waals surface area (Å²) in [5, 5.41) is 0. The zero-order valence-corrected chi connectivity index (χ0v) is 13.7. The van der Waals surface area contributed by atoms with E-state index in [2.05, 4.69) is 9.62 Å². The van der Waals surface area contributed by atoms with Crippen molar-refractivity contribution >= 4 is 15.8 Å². The van der Waals surface area contributed by atoms with Crippen LogP contribution in [0.2, 0.25) is 0 Å². The third-order valence-electron chi connectivity index (χ3n) is 3.56. The molecule has 122 valence electrons. The van der Waals surface area contributed by atoms with Gasteiger partial charge in [0.2, 0.25) is 10.0 Å². The highest BCUT2D eigenvalue weighted by atomic mass is 32.2. The van der Waals surface area contributed by atoms with Gasteiger partial charge in [0, 0.05) is 31.2 Å². The van der Waals surface area contributed by atoms with Crippen LogP contribution in [0.1, 0.15) is 24.2 Å². The fraction of sp³-hybridized carbons (Fsp3) is 0.533. The molecule has 0 amide bonds. The molecule has 1 aliphatic rings. The minimum Gasteiger partial charge on any atom is -0.379 e. The molecule has 1 atom stereocenters. The Bertz CT molecular complexity index is 607. The molecular formula is C15H22N2O4S. The van der Waals surface area contributed by atoms with E-state index in [9.17, 15) is 13.2 Å². The average Bonchev–Trinajstić information content (AvgIpc) is 2.47. The van der Waals surface area contributed by atoms with Crippen LogP contribution in [-0.2, 0) is 14.8 Å². The summed E-state index contributed by atoms with van der Waals surface area (Å²) in [4.78, 5) is 13.6. The molecule has 1 aliphatic heterocycles. The Morgan fingerprint density at radius 2 is 1.86 bits per heavy atom. The maximum Gasteiger partial charge on any atom is 0.240 e. The van der Waals surface area contributed by atoms with Crippen LogP contribution in [0.3, 0.4) is 0 Å². The second-order valence-electron chi connectivity index (χ2n) is 5.52. The summed E-state index contributed by atoms with van der Waals surface area (Å²) in [6.45, 7) is 6.95. The van der Waals surface area contributed by atoms with E-state index in [0.29, 0.717) is 25.3 Å². The lowest BCUT2D eigenvalue weighted by Gasteiger charge is -2.29. The molecule has 1 fully saturated rings. The number of ketones is 1. The average molecular weight is 326 g/mol. The molecular weight excluding hydrogens is 304 g/mol. The largest absolute Gasteiger partial charge is 0.379 e. The quantitative estimate of drug-likeness (QED) is 0.786. The van der Waals surface area contributed by atoms with Crippen LogP contribution in [-0.4, -0.2) is 58.0 Å². The van der Waals surface area contributed by atoms with Crippen molar-refractivity contribution in [2.45, 2.75) is 24.8 Å². The number of Topliss-reactive ketones (excluding diaryl/α,β-unsaturated/α-hetero) is 1. The highest BCUT2D eigenvalue weighted by Gasteiger charge is 2.20. The first-order valence-electron chi connectivity index (χ1n) is 7.32. The van der Waals surface area contributed by atoms with Gasteiger partial charge in [-0.1, -0.05) is 12.1 Å². The van der Waals surface area contributed by atoms with Crippen molar-refractivity contribution < 1.29 is 17.9 Å². The highest BCUT2D eigenvalue weighted by molar-refractivity contribution is 7.89. The molecule has 2 rings (SSSR count). The lowest BCUT2D eigenvalue weighted by atomic mass is 10.2. The number of rotatable bonds is 6. The molecule has 1 N–H and O–H groups in total. The predicted molar refractivity (Wildman–Crippen MR) is 83.5 cm³/mol. The second kappa shape index (κ2) is 7.32.